The maximum atomic E-state index is 13.5. The molecule has 1 aromatic carbocycles. The number of Topliss-reactive ketones (excluding diaryl/α,β-unsaturated/α-hetero) is 2. The number of rotatable bonds is 9. The fraction of sp³-hybridized carbons (Fsp3) is 0.280. The first-order valence-corrected chi connectivity index (χ1v) is 12.7. The highest BCUT2D eigenvalue weighted by Gasteiger charge is 2.46. The number of nitrogens with zero attached hydrogens (tertiary/aromatic N) is 2. The van der Waals surface area contributed by atoms with Gasteiger partial charge in [0.25, 0.3) is 5.91 Å². The minimum absolute atomic E-state index is 0.0544. The minimum Gasteiger partial charge on any atom is -0.503 e. The normalized spacial score (nSPS) is 15.6. The number of thiazole rings is 1. The Hall–Kier alpha value is -3.50. The third-order valence-electron chi connectivity index (χ3n) is 5.39. The lowest BCUT2D eigenvalue weighted by atomic mass is 9.95. The number of thiophene rings is 1. The molecule has 0 saturated heterocycles. The third kappa shape index (κ3) is 4.46. The molecule has 0 fully saturated rings. The van der Waals surface area contributed by atoms with Gasteiger partial charge < -0.3 is 14.6 Å². The predicted molar refractivity (Wildman–Crippen MR) is 134 cm³/mol. The van der Waals surface area contributed by atoms with Crippen molar-refractivity contribution in [1.82, 2.24) is 4.98 Å². The molecular formula is C25H24N2O6S2. The van der Waals surface area contributed by atoms with E-state index in [1.807, 2.05) is 13.8 Å². The summed E-state index contributed by atoms with van der Waals surface area (Å²) in [5.74, 6) is -1.06. The highest BCUT2D eigenvalue weighted by Crippen LogP contribution is 2.45. The summed E-state index contributed by atoms with van der Waals surface area (Å²) < 4.78 is 11.4. The number of carbonyl (C=O) groups is 3. The lowest BCUT2D eigenvalue weighted by Gasteiger charge is -2.25. The quantitative estimate of drug-likeness (QED) is 0.388. The second kappa shape index (κ2) is 10.0. The van der Waals surface area contributed by atoms with E-state index < -0.39 is 23.5 Å². The standard InChI is InChI=1S/C25H24N2O6S2/c1-5-32-16-10-9-15(12-17(16)33-6-2)20-19(21(29)18-8-7-11-34-18)22(30)24(31)27(20)25-26-13(3)23(35-25)14(4)28/h7-12,20,30H,5-6H2,1-4H3. The van der Waals surface area contributed by atoms with Gasteiger partial charge in [0.15, 0.2) is 28.2 Å². The number of ketones is 2. The Labute approximate surface area is 210 Å². The second-order valence-corrected chi connectivity index (χ2v) is 9.61. The van der Waals surface area contributed by atoms with Crippen molar-refractivity contribution >= 4 is 45.3 Å². The lowest BCUT2D eigenvalue weighted by Crippen LogP contribution is -2.31. The topological polar surface area (TPSA) is 106 Å². The van der Waals surface area contributed by atoms with Crippen LogP contribution in [0, 0.1) is 6.92 Å². The number of benzene rings is 1. The van der Waals surface area contributed by atoms with Gasteiger partial charge in [0, 0.05) is 6.92 Å². The molecule has 0 bridgehead atoms. The molecule has 2 aromatic heterocycles. The van der Waals surface area contributed by atoms with Crippen molar-refractivity contribution in [3.05, 3.63) is 68.1 Å². The van der Waals surface area contributed by atoms with E-state index in [4.69, 9.17) is 9.47 Å². The van der Waals surface area contributed by atoms with Gasteiger partial charge in [-0.05, 0) is 49.9 Å². The van der Waals surface area contributed by atoms with Crippen molar-refractivity contribution in [2.75, 3.05) is 18.1 Å². The molecule has 3 aromatic rings. The van der Waals surface area contributed by atoms with E-state index in [-0.39, 0.29) is 16.5 Å². The average Bonchev–Trinajstić information content (AvgIpc) is 3.54. The van der Waals surface area contributed by atoms with Crippen LogP contribution in [0.4, 0.5) is 5.13 Å². The van der Waals surface area contributed by atoms with Gasteiger partial charge in [0.2, 0.25) is 5.78 Å². The molecule has 1 unspecified atom stereocenters. The van der Waals surface area contributed by atoms with E-state index >= 15 is 0 Å². The molecule has 4 rings (SSSR count). The fourth-order valence-electron chi connectivity index (χ4n) is 3.94. The Kier molecular flexibility index (Phi) is 7.04. The van der Waals surface area contributed by atoms with Gasteiger partial charge in [-0.15, -0.1) is 11.3 Å². The van der Waals surface area contributed by atoms with Crippen LogP contribution in [-0.4, -0.2) is 40.8 Å². The van der Waals surface area contributed by atoms with Crippen LogP contribution in [0.15, 0.2) is 47.0 Å². The number of ether oxygens (including phenoxy) is 2. The molecule has 10 heteroatoms. The molecule has 8 nitrogen and oxygen atoms in total. The predicted octanol–water partition coefficient (Wildman–Crippen LogP) is 5.30. The number of aliphatic hydroxyl groups excluding tert-OH is 1. The average molecular weight is 513 g/mol. The van der Waals surface area contributed by atoms with Crippen LogP contribution in [-0.2, 0) is 4.79 Å². The van der Waals surface area contributed by atoms with Crippen LogP contribution in [0.1, 0.15) is 57.4 Å². The smallest absolute Gasteiger partial charge is 0.296 e. The maximum Gasteiger partial charge on any atom is 0.296 e. The number of carbonyl (C=O) groups excluding carboxylic acids is 3. The maximum absolute atomic E-state index is 13.5. The molecule has 0 radical (unpaired) electrons. The molecule has 1 N–H and O–H groups in total. The highest BCUT2D eigenvalue weighted by atomic mass is 32.1. The molecule has 0 saturated carbocycles. The summed E-state index contributed by atoms with van der Waals surface area (Å²) in [6.07, 6.45) is 0. The van der Waals surface area contributed by atoms with E-state index in [0.29, 0.717) is 45.7 Å². The molecule has 3 heterocycles. The third-order valence-corrected chi connectivity index (χ3v) is 7.52. The van der Waals surface area contributed by atoms with Gasteiger partial charge in [-0.1, -0.05) is 23.5 Å². The molecule has 0 aliphatic carbocycles. The van der Waals surface area contributed by atoms with E-state index in [1.54, 1.807) is 42.6 Å². The van der Waals surface area contributed by atoms with Crippen molar-refractivity contribution in [3.63, 3.8) is 0 Å². The molecule has 0 spiro atoms. The molecule has 1 atom stereocenters. The molecule has 35 heavy (non-hydrogen) atoms. The van der Waals surface area contributed by atoms with E-state index in [0.717, 1.165) is 11.3 Å². The van der Waals surface area contributed by atoms with Crippen molar-refractivity contribution in [2.24, 2.45) is 0 Å². The Bertz CT molecular complexity index is 1330. The van der Waals surface area contributed by atoms with Crippen LogP contribution in [0.2, 0.25) is 0 Å². The summed E-state index contributed by atoms with van der Waals surface area (Å²) >= 11 is 2.27. The first kappa shape index (κ1) is 24.6. The Balaban J connectivity index is 1.90. The first-order valence-electron chi connectivity index (χ1n) is 11.0. The van der Waals surface area contributed by atoms with E-state index in [2.05, 4.69) is 4.98 Å². The van der Waals surface area contributed by atoms with Gasteiger partial charge in [-0.3, -0.25) is 19.3 Å². The van der Waals surface area contributed by atoms with E-state index in [1.165, 1.54) is 23.2 Å². The number of amides is 1. The fourth-order valence-corrected chi connectivity index (χ4v) is 5.61. The van der Waals surface area contributed by atoms with Crippen LogP contribution in [0.5, 0.6) is 11.5 Å². The molecular weight excluding hydrogens is 488 g/mol. The van der Waals surface area contributed by atoms with Crippen molar-refractivity contribution in [2.45, 2.75) is 33.7 Å². The van der Waals surface area contributed by atoms with Gasteiger partial charge in [-0.2, -0.15) is 0 Å². The van der Waals surface area contributed by atoms with Crippen molar-refractivity contribution in [3.8, 4) is 11.5 Å². The molecule has 1 aliphatic heterocycles. The number of aromatic nitrogens is 1. The van der Waals surface area contributed by atoms with E-state index in [9.17, 15) is 19.5 Å². The Morgan fingerprint density at radius 1 is 1.14 bits per heavy atom. The molecule has 182 valence electrons. The molecule has 1 aliphatic rings. The highest BCUT2D eigenvalue weighted by molar-refractivity contribution is 7.17. The SMILES string of the molecule is CCOc1ccc(C2C(C(=O)c3cccs3)=C(O)C(=O)N2c2nc(C)c(C(C)=O)s2)cc1OCC. The Morgan fingerprint density at radius 3 is 2.46 bits per heavy atom. The summed E-state index contributed by atoms with van der Waals surface area (Å²) in [4.78, 5) is 45.4. The largest absolute Gasteiger partial charge is 0.503 e. The number of hydrogen-bond acceptors (Lipinski definition) is 9. The second-order valence-electron chi connectivity index (χ2n) is 7.69. The zero-order valence-corrected chi connectivity index (χ0v) is 21.3. The van der Waals surface area contributed by atoms with Gasteiger partial charge >= 0.3 is 0 Å². The number of anilines is 1. The minimum atomic E-state index is -0.975. The number of hydrogen-bond donors (Lipinski definition) is 1. The number of aryl methyl sites for hydroxylation is 1. The van der Waals surface area contributed by atoms with Crippen molar-refractivity contribution < 1.29 is 29.0 Å². The van der Waals surface area contributed by atoms with Gasteiger partial charge in [0.1, 0.15) is 0 Å². The van der Waals surface area contributed by atoms with Crippen molar-refractivity contribution in [1.29, 1.82) is 0 Å². The monoisotopic (exact) mass is 512 g/mol. The summed E-state index contributed by atoms with van der Waals surface area (Å²) in [6, 6.07) is 7.53. The van der Waals surface area contributed by atoms with Crippen LogP contribution >= 0.6 is 22.7 Å². The summed E-state index contributed by atoms with van der Waals surface area (Å²) in [7, 11) is 0. The van der Waals surface area contributed by atoms with Crippen LogP contribution < -0.4 is 14.4 Å². The lowest BCUT2D eigenvalue weighted by molar-refractivity contribution is -0.117. The molecule has 1 amide bonds. The first-order chi connectivity index (χ1) is 16.8. The van der Waals surface area contributed by atoms with Crippen LogP contribution in [0.3, 0.4) is 0 Å². The summed E-state index contributed by atoms with van der Waals surface area (Å²) in [6.45, 7) is 7.62. The summed E-state index contributed by atoms with van der Waals surface area (Å²) in [5, 5.41) is 12.9. The Morgan fingerprint density at radius 2 is 1.86 bits per heavy atom. The zero-order chi connectivity index (χ0) is 25.3. The van der Waals surface area contributed by atoms with Gasteiger partial charge in [0.05, 0.1) is 40.3 Å². The summed E-state index contributed by atoms with van der Waals surface area (Å²) in [5.41, 5.74) is 0.955. The van der Waals surface area contributed by atoms with Crippen LogP contribution in [0.25, 0.3) is 0 Å². The number of aliphatic hydroxyl groups is 1. The zero-order valence-electron chi connectivity index (χ0n) is 19.7. The van der Waals surface area contributed by atoms with Gasteiger partial charge in [-0.25, -0.2) is 4.98 Å².